The summed E-state index contributed by atoms with van der Waals surface area (Å²) in [6, 6.07) is 8.97. The molecule has 3 nitrogen and oxygen atoms in total. The van der Waals surface area contributed by atoms with Gasteiger partial charge in [-0.05, 0) is 37.3 Å². The van der Waals surface area contributed by atoms with Crippen LogP contribution >= 0.6 is 0 Å². The highest BCUT2D eigenvalue weighted by atomic mass is 19.1. The molecule has 20 heavy (non-hydrogen) atoms. The second kappa shape index (κ2) is 5.29. The normalized spacial score (nSPS) is 18.6. The van der Waals surface area contributed by atoms with Crippen LogP contribution in [0.25, 0.3) is 0 Å². The van der Waals surface area contributed by atoms with Crippen molar-refractivity contribution < 1.29 is 9.13 Å². The number of ether oxygens (including phenoxy) is 1. The molecule has 106 valence electrons. The smallest absolute Gasteiger partial charge is 0.123 e. The Kier molecular flexibility index (Phi) is 3.49. The molecule has 0 bridgehead atoms. The molecule has 0 saturated heterocycles. The maximum Gasteiger partial charge on any atom is 0.123 e. The predicted octanol–water partition coefficient (Wildman–Crippen LogP) is 2.52. The molecule has 4 heteroatoms. The first kappa shape index (κ1) is 13.2. The van der Waals surface area contributed by atoms with Gasteiger partial charge in [-0.15, -0.1) is 0 Å². The lowest BCUT2D eigenvalue weighted by Crippen LogP contribution is -2.24. The predicted molar refractivity (Wildman–Crippen MR) is 76.3 cm³/mol. The molecule has 1 aromatic heterocycles. The number of hydrogen-bond acceptors (Lipinski definition) is 2. The second-order valence-electron chi connectivity index (χ2n) is 5.53. The SMILES string of the molecule is CC(N)Cc1cccn1CC1Cc2cc(F)ccc2O1. The van der Waals surface area contributed by atoms with Gasteiger partial charge in [-0.3, -0.25) is 0 Å². The van der Waals surface area contributed by atoms with Crippen LogP contribution in [-0.2, 0) is 19.4 Å². The van der Waals surface area contributed by atoms with E-state index in [0.29, 0.717) is 0 Å². The van der Waals surface area contributed by atoms with E-state index in [9.17, 15) is 4.39 Å². The molecular weight excluding hydrogens is 255 g/mol. The first-order chi connectivity index (χ1) is 9.61. The van der Waals surface area contributed by atoms with Crippen LogP contribution in [0.4, 0.5) is 4.39 Å². The Bertz CT molecular complexity index is 606. The van der Waals surface area contributed by atoms with Crippen molar-refractivity contribution >= 4 is 0 Å². The summed E-state index contributed by atoms with van der Waals surface area (Å²) in [5.41, 5.74) is 8.03. The first-order valence-electron chi connectivity index (χ1n) is 6.96. The zero-order chi connectivity index (χ0) is 14.1. The van der Waals surface area contributed by atoms with Gasteiger partial charge in [0.25, 0.3) is 0 Å². The summed E-state index contributed by atoms with van der Waals surface area (Å²) in [5, 5.41) is 0. The van der Waals surface area contributed by atoms with Crippen molar-refractivity contribution in [1.29, 1.82) is 0 Å². The van der Waals surface area contributed by atoms with Gasteiger partial charge in [0.15, 0.2) is 0 Å². The van der Waals surface area contributed by atoms with Crippen molar-refractivity contribution in [2.75, 3.05) is 0 Å². The fourth-order valence-electron chi connectivity index (χ4n) is 2.75. The van der Waals surface area contributed by atoms with Crippen molar-refractivity contribution in [1.82, 2.24) is 4.57 Å². The maximum absolute atomic E-state index is 13.2. The van der Waals surface area contributed by atoms with E-state index in [0.717, 1.165) is 30.7 Å². The highest BCUT2D eigenvalue weighted by Crippen LogP contribution is 2.30. The third-order valence-corrected chi connectivity index (χ3v) is 3.62. The number of fused-ring (bicyclic) bond motifs is 1. The number of hydrogen-bond donors (Lipinski definition) is 1. The van der Waals surface area contributed by atoms with Crippen LogP contribution in [0.15, 0.2) is 36.5 Å². The van der Waals surface area contributed by atoms with Gasteiger partial charge in [0.1, 0.15) is 17.7 Å². The molecule has 0 aliphatic carbocycles. The zero-order valence-corrected chi connectivity index (χ0v) is 11.6. The van der Waals surface area contributed by atoms with Crippen LogP contribution in [0.2, 0.25) is 0 Å². The van der Waals surface area contributed by atoms with Crippen molar-refractivity contribution in [2.45, 2.75) is 38.5 Å². The lowest BCUT2D eigenvalue weighted by atomic mass is 10.1. The van der Waals surface area contributed by atoms with E-state index in [1.54, 1.807) is 12.1 Å². The molecule has 3 rings (SSSR count). The van der Waals surface area contributed by atoms with Crippen molar-refractivity contribution in [3.05, 3.63) is 53.6 Å². The van der Waals surface area contributed by atoms with Gasteiger partial charge in [0, 0.05) is 36.3 Å². The highest BCUT2D eigenvalue weighted by Gasteiger charge is 2.24. The van der Waals surface area contributed by atoms with E-state index in [-0.39, 0.29) is 18.0 Å². The minimum atomic E-state index is -0.202. The van der Waals surface area contributed by atoms with E-state index >= 15 is 0 Å². The van der Waals surface area contributed by atoms with Crippen molar-refractivity contribution in [2.24, 2.45) is 5.73 Å². The second-order valence-corrected chi connectivity index (χ2v) is 5.53. The molecule has 1 aliphatic heterocycles. The molecule has 2 aromatic rings. The topological polar surface area (TPSA) is 40.2 Å². The van der Waals surface area contributed by atoms with Crippen LogP contribution in [0.1, 0.15) is 18.2 Å². The summed E-state index contributed by atoms with van der Waals surface area (Å²) >= 11 is 0. The minimum Gasteiger partial charge on any atom is -0.488 e. The minimum absolute atomic E-state index is 0.0611. The maximum atomic E-state index is 13.2. The van der Waals surface area contributed by atoms with E-state index in [4.69, 9.17) is 10.5 Å². The summed E-state index contributed by atoms with van der Waals surface area (Å²) in [6.45, 7) is 2.77. The molecule has 0 spiro atoms. The molecule has 1 aliphatic rings. The van der Waals surface area contributed by atoms with Gasteiger partial charge in [-0.25, -0.2) is 4.39 Å². The first-order valence-corrected chi connectivity index (χ1v) is 6.96. The molecule has 0 fully saturated rings. The van der Waals surface area contributed by atoms with Gasteiger partial charge in [0.05, 0.1) is 6.54 Å². The fraction of sp³-hybridized carbons (Fsp3) is 0.375. The van der Waals surface area contributed by atoms with Crippen LogP contribution in [0, 0.1) is 5.82 Å². The number of nitrogens with zero attached hydrogens (tertiary/aromatic N) is 1. The highest BCUT2D eigenvalue weighted by molar-refractivity contribution is 5.37. The molecule has 2 unspecified atom stereocenters. The zero-order valence-electron chi connectivity index (χ0n) is 11.6. The number of nitrogens with two attached hydrogens (primary N) is 1. The Morgan fingerprint density at radius 2 is 2.30 bits per heavy atom. The largest absolute Gasteiger partial charge is 0.488 e. The Morgan fingerprint density at radius 1 is 1.45 bits per heavy atom. The summed E-state index contributed by atoms with van der Waals surface area (Å²) in [4.78, 5) is 0. The number of halogens is 1. The standard InChI is InChI=1S/C16H19FN2O/c1-11(18)7-14-3-2-6-19(14)10-15-9-12-8-13(17)4-5-16(12)20-15/h2-6,8,11,15H,7,9-10,18H2,1H3. The molecule has 0 amide bonds. The summed E-state index contributed by atoms with van der Waals surface area (Å²) in [7, 11) is 0. The molecule has 2 atom stereocenters. The van der Waals surface area contributed by atoms with Crippen LogP contribution in [0.5, 0.6) is 5.75 Å². The lowest BCUT2D eigenvalue weighted by Gasteiger charge is -2.15. The van der Waals surface area contributed by atoms with Crippen LogP contribution < -0.4 is 10.5 Å². The van der Waals surface area contributed by atoms with Gasteiger partial charge >= 0.3 is 0 Å². The van der Waals surface area contributed by atoms with Crippen LogP contribution in [-0.4, -0.2) is 16.7 Å². The summed E-state index contributed by atoms with van der Waals surface area (Å²) in [6.07, 6.45) is 3.71. The van der Waals surface area contributed by atoms with Crippen molar-refractivity contribution in [3.63, 3.8) is 0 Å². The lowest BCUT2D eigenvalue weighted by molar-refractivity contribution is 0.208. The third kappa shape index (κ3) is 2.70. The molecule has 2 N–H and O–H groups in total. The average Bonchev–Trinajstić information content (AvgIpc) is 2.95. The van der Waals surface area contributed by atoms with Gasteiger partial charge in [0.2, 0.25) is 0 Å². The summed E-state index contributed by atoms with van der Waals surface area (Å²) < 4.78 is 21.3. The van der Waals surface area contributed by atoms with E-state index in [1.165, 1.54) is 11.8 Å². The quantitative estimate of drug-likeness (QED) is 0.930. The fourth-order valence-corrected chi connectivity index (χ4v) is 2.75. The van der Waals surface area contributed by atoms with Gasteiger partial charge in [-0.2, -0.15) is 0 Å². The third-order valence-electron chi connectivity index (χ3n) is 3.62. The molecular formula is C16H19FN2O. The van der Waals surface area contributed by atoms with E-state index in [1.807, 2.05) is 19.2 Å². The van der Waals surface area contributed by atoms with Gasteiger partial charge < -0.3 is 15.0 Å². The Morgan fingerprint density at radius 3 is 3.10 bits per heavy atom. The summed E-state index contributed by atoms with van der Waals surface area (Å²) in [5.74, 6) is 0.601. The van der Waals surface area contributed by atoms with E-state index in [2.05, 4.69) is 10.6 Å². The number of aromatic nitrogens is 1. The molecule has 0 radical (unpaired) electrons. The number of rotatable bonds is 4. The van der Waals surface area contributed by atoms with E-state index < -0.39 is 0 Å². The molecule has 1 aromatic carbocycles. The van der Waals surface area contributed by atoms with Crippen LogP contribution in [0.3, 0.4) is 0 Å². The number of benzene rings is 1. The molecule has 0 saturated carbocycles. The monoisotopic (exact) mass is 274 g/mol. The Hall–Kier alpha value is -1.81. The molecule has 2 heterocycles. The average molecular weight is 274 g/mol. The Balaban J connectivity index is 1.70. The Labute approximate surface area is 118 Å². The van der Waals surface area contributed by atoms with Crippen molar-refractivity contribution in [3.8, 4) is 5.75 Å². The van der Waals surface area contributed by atoms with Gasteiger partial charge in [-0.1, -0.05) is 0 Å².